The molecule has 0 unspecified atom stereocenters. The fourth-order valence-corrected chi connectivity index (χ4v) is 3.40. The number of carbonyl (C=O) groups excluding carboxylic acids is 1. The van der Waals surface area contributed by atoms with Gasteiger partial charge in [0.05, 0.1) is 26.1 Å². The van der Waals surface area contributed by atoms with Crippen LogP contribution in [0.5, 0.6) is 11.5 Å². The largest absolute Gasteiger partial charge is 0.493 e. The molecule has 142 valence electrons. The van der Waals surface area contributed by atoms with Crippen LogP contribution in [-0.4, -0.2) is 36.5 Å². The second kappa shape index (κ2) is 7.56. The molecular formula is C21H20N4O3. The van der Waals surface area contributed by atoms with E-state index in [0.29, 0.717) is 17.2 Å². The standard InChI is InChI=1S/C21H20N4O3/c1-27-17-10-7-13(11-18(17)28-2)12-22-25-21(26)20-16-9-8-14-5-3-4-6-15(14)19(16)23-24-20/h3-7,10-12H,8-9H2,1-2H3,(H,23,24)(H,25,26). The summed E-state index contributed by atoms with van der Waals surface area (Å²) in [6, 6.07) is 13.5. The van der Waals surface area contributed by atoms with E-state index in [1.54, 1.807) is 32.6 Å². The van der Waals surface area contributed by atoms with Gasteiger partial charge in [-0.15, -0.1) is 0 Å². The van der Waals surface area contributed by atoms with Crippen molar-refractivity contribution < 1.29 is 14.3 Å². The highest BCUT2D eigenvalue weighted by Gasteiger charge is 2.24. The molecule has 0 bridgehead atoms. The van der Waals surface area contributed by atoms with Gasteiger partial charge in [0, 0.05) is 11.1 Å². The lowest BCUT2D eigenvalue weighted by molar-refractivity contribution is 0.0949. The van der Waals surface area contributed by atoms with Gasteiger partial charge in [0.25, 0.3) is 5.91 Å². The van der Waals surface area contributed by atoms with Crippen molar-refractivity contribution in [3.8, 4) is 22.8 Å². The lowest BCUT2D eigenvalue weighted by Crippen LogP contribution is -2.20. The van der Waals surface area contributed by atoms with Crippen molar-refractivity contribution in [3.05, 3.63) is 64.8 Å². The Hall–Kier alpha value is -3.61. The lowest BCUT2D eigenvalue weighted by Gasteiger charge is -2.15. The second-order valence-electron chi connectivity index (χ2n) is 6.40. The Balaban J connectivity index is 1.50. The average Bonchev–Trinajstić information content (AvgIpc) is 3.18. The third-order valence-electron chi connectivity index (χ3n) is 4.80. The first kappa shape index (κ1) is 17.8. The Morgan fingerprint density at radius 1 is 1.14 bits per heavy atom. The van der Waals surface area contributed by atoms with Crippen LogP contribution in [0, 0.1) is 0 Å². The SMILES string of the molecule is COc1ccc(C=NNC(=O)c2[nH]nc3c2CCc2ccccc2-3)cc1OC. The maximum Gasteiger partial charge on any atom is 0.289 e. The number of rotatable bonds is 5. The molecule has 3 aromatic rings. The van der Waals surface area contributed by atoms with Crippen LogP contribution in [0.15, 0.2) is 47.6 Å². The zero-order valence-electron chi connectivity index (χ0n) is 15.7. The Labute approximate surface area is 162 Å². The maximum absolute atomic E-state index is 12.6. The van der Waals surface area contributed by atoms with Crippen LogP contribution in [0.1, 0.15) is 27.2 Å². The summed E-state index contributed by atoms with van der Waals surface area (Å²) in [5.74, 6) is 0.914. The van der Waals surface area contributed by atoms with E-state index in [2.05, 4.69) is 26.8 Å². The number of benzene rings is 2. The summed E-state index contributed by atoms with van der Waals surface area (Å²) in [5, 5.41) is 11.3. The van der Waals surface area contributed by atoms with Crippen LogP contribution < -0.4 is 14.9 Å². The number of H-pyrrole nitrogens is 1. The predicted octanol–water partition coefficient (Wildman–Crippen LogP) is 2.96. The third kappa shape index (κ3) is 3.22. The van der Waals surface area contributed by atoms with Crippen molar-refractivity contribution in [3.63, 3.8) is 0 Å². The number of hydrogen-bond acceptors (Lipinski definition) is 5. The molecule has 0 aliphatic heterocycles. The quantitative estimate of drug-likeness (QED) is 0.529. The van der Waals surface area contributed by atoms with E-state index in [4.69, 9.17) is 9.47 Å². The van der Waals surface area contributed by atoms with Gasteiger partial charge in [0.2, 0.25) is 0 Å². The number of nitrogens with zero attached hydrogens (tertiary/aromatic N) is 2. The van der Waals surface area contributed by atoms with Gasteiger partial charge in [-0.2, -0.15) is 10.2 Å². The molecule has 7 heteroatoms. The minimum atomic E-state index is -0.315. The molecule has 1 aliphatic carbocycles. The molecular weight excluding hydrogens is 356 g/mol. The maximum atomic E-state index is 12.6. The summed E-state index contributed by atoms with van der Waals surface area (Å²) < 4.78 is 10.5. The van der Waals surface area contributed by atoms with E-state index < -0.39 is 0 Å². The van der Waals surface area contributed by atoms with Gasteiger partial charge < -0.3 is 9.47 Å². The molecule has 0 radical (unpaired) electrons. The molecule has 1 aromatic heterocycles. The number of fused-ring (bicyclic) bond motifs is 3. The van der Waals surface area contributed by atoms with E-state index in [-0.39, 0.29) is 5.91 Å². The van der Waals surface area contributed by atoms with Gasteiger partial charge >= 0.3 is 0 Å². The van der Waals surface area contributed by atoms with Crippen LogP contribution in [0.4, 0.5) is 0 Å². The Bertz CT molecular complexity index is 1060. The summed E-state index contributed by atoms with van der Waals surface area (Å²) in [4.78, 5) is 12.6. The third-order valence-corrected chi connectivity index (χ3v) is 4.80. The minimum Gasteiger partial charge on any atom is -0.493 e. The van der Waals surface area contributed by atoms with Crippen LogP contribution in [0.25, 0.3) is 11.3 Å². The molecule has 1 amide bonds. The van der Waals surface area contributed by atoms with Crippen LogP contribution in [0.3, 0.4) is 0 Å². The van der Waals surface area contributed by atoms with E-state index in [9.17, 15) is 4.79 Å². The van der Waals surface area contributed by atoms with Gasteiger partial charge in [-0.25, -0.2) is 5.43 Å². The van der Waals surface area contributed by atoms with E-state index in [0.717, 1.165) is 35.2 Å². The molecule has 0 spiro atoms. The van der Waals surface area contributed by atoms with Crippen molar-refractivity contribution in [2.45, 2.75) is 12.8 Å². The highest BCUT2D eigenvalue weighted by atomic mass is 16.5. The fourth-order valence-electron chi connectivity index (χ4n) is 3.40. The highest BCUT2D eigenvalue weighted by Crippen LogP contribution is 2.33. The number of nitrogens with one attached hydrogen (secondary N) is 2. The molecule has 0 fully saturated rings. The molecule has 28 heavy (non-hydrogen) atoms. The van der Waals surface area contributed by atoms with E-state index in [1.807, 2.05) is 24.3 Å². The van der Waals surface area contributed by atoms with Crippen LogP contribution in [-0.2, 0) is 12.8 Å². The zero-order valence-corrected chi connectivity index (χ0v) is 15.7. The van der Waals surface area contributed by atoms with Gasteiger partial charge in [-0.1, -0.05) is 24.3 Å². The molecule has 1 aliphatic rings. The fraction of sp³-hybridized carbons (Fsp3) is 0.190. The van der Waals surface area contributed by atoms with Crippen molar-refractivity contribution in [2.24, 2.45) is 5.10 Å². The first-order valence-electron chi connectivity index (χ1n) is 8.92. The molecule has 2 N–H and O–H groups in total. The van der Waals surface area contributed by atoms with Crippen molar-refractivity contribution in [2.75, 3.05) is 14.2 Å². The average molecular weight is 376 g/mol. The normalized spacial score (nSPS) is 12.4. The summed E-state index contributed by atoms with van der Waals surface area (Å²) >= 11 is 0. The summed E-state index contributed by atoms with van der Waals surface area (Å²) in [7, 11) is 3.15. The number of hydrazone groups is 1. The first-order chi connectivity index (χ1) is 13.7. The number of hydrogen-bond donors (Lipinski definition) is 2. The number of aromatic nitrogens is 2. The number of aryl methyl sites for hydroxylation is 1. The smallest absolute Gasteiger partial charge is 0.289 e. The van der Waals surface area contributed by atoms with Gasteiger partial charge in [0.1, 0.15) is 5.69 Å². The summed E-state index contributed by atoms with van der Waals surface area (Å²) in [5.41, 5.74) is 7.89. The van der Waals surface area contributed by atoms with Crippen molar-refractivity contribution >= 4 is 12.1 Å². The molecule has 0 saturated carbocycles. The molecule has 4 rings (SSSR count). The molecule has 0 atom stereocenters. The summed E-state index contributed by atoms with van der Waals surface area (Å²) in [6.45, 7) is 0. The number of amides is 1. The highest BCUT2D eigenvalue weighted by molar-refractivity contribution is 5.96. The van der Waals surface area contributed by atoms with Crippen molar-refractivity contribution in [1.82, 2.24) is 15.6 Å². The predicted molar refractivity (Wildman–Crippen MR) is 106 cm³/mol. The Morgan fingerprint density at radius 2 is 1.96 bits per heavy atom. The van der Waals surface area contributed by atoms with Crippen LogP contribution in [0.2, 0.25) is 0 Å². The molecule has 0 saturated heterocycles. The number of ether oxygens (including phenoxy) is 2. The monoisotopic (exact) mass is 376 g/mol. The first-order valence-corrected chi connectivity index (χ1v) is 8.92. The lowest BCUT2D eigenvalue weighted by atomic mass is 9.89. The Morgan fingerprint density at radius 3 is 2.79 bits per heavy atom. The molecule has 2 aromatic carbocycles. The van der Waals surface area contributed by atoms with Gasteiger partial charge in [-0.05, 0) is 42.2 Å². The van der Waals surface area contributed by atoms with E-state index >= 15 is 0 Å². The summed E-state index contributed by atoms with van der Waals surface area (Å²) in [6.07, 6.45) is 3.21. The van der Waals surface area contributed by atoms with Gasteiger partial charge in [-0.3, -0.25) is 9.89 Å². The van der Waals surface area contributed by atoms with Crippen molar-refractivity contribution in [1.29, 1.82) is 0 Å². The van der Waals surface area contributed by atoms with E-state index in [1.165, 1.54) is 5.56 Å². The zero-order chi connectivity index (χ0) is 19.5. The second-order valence-corrected chi connectivity index (χ2v) is 6.40. The number of carbonyl (C=O) groups is 1. The van der Waals surface area contributed by atoms with Crippen LogP contribution >= 0.6 is 0 Å². The number of methoxy groups -OCH3 is 2. The minimum absolute atomic E-state index is 0.315. The molecule has 1 heterocycles. The number of aromatic amines is 1. The molecule has 7 nitrogen and oxygen atoms in total. The van der Waals surface area contributed by atoms with Gasteiger partial charge in [0.15, 0.2) is 11.5 Å². The topological polar surface area (TPSA) is 88.6 Å². The Kier molecular flexibility index (Phi) is 4.80.